The molecule has 4 rings (SSSR count). The SMILES string of the molecule is CC(CO)NC1=CN(SCc2ccccc2)Cc2sc(NCCc3cnc[nH]3)nc21. The molecule has 0 radical (unpaired) electrons. The van der Waals surface area contributed by atoms with E-state index in [1.165, 1.54) is 10.4 Å². The number of fused-ring (bicyclic) bond motifs is 1. The smallest absolute Gasteiger partial charge is 0.183 e. The van der Waals surface area contributed by atoms with E-state index in [2.05, 4.69) is 55.4 Å². The summed E-state index contributed by atoms with van der Waals surface area (Å²) in [4.78, 5) is 13.2. The van der Waals surface area contributed by atoms with Crippen molar-refractivity contribution in [3.8, 4) is 0 Å². The molecule has 0 saturated heterocycles. The molecule has 1 aliphatic rings. The van der Waals surface area contributed by atoms with Crippen LogP contribution in [0.1, 0.15) is 28.8 Å². The van der Waals surface area contributed by atoms with Gasteiger partial charge in [-0.15, -0.1) is 0 Å². The summed E-state index contributed by atoms with van der Waals surface area (Å²) in [7, 11) is 0. The minimum Gasteiger partial charge on any atom is -0.394 e. The summed E-state index contributed by atoms with van der Waals surface area (Å²) < 4.78 is 2.24. The molecule has 0 spiro atoms. The molecule has 30 heavy (non-hydrogen) atoms. The van der Waals surface area contributed by atoms with Crippen LogP contribution in [0, 0.1) is 0 Å². The van der Waals surface area contributed by atoms with E-state index >= 15 is 0 Å². The van der Waals surface area contributed by atoms with Gasteiger partial charge >= 0.3 is 0 Å². The molecule has 0 saturated carbocycles. The monoisotopic (exact) mass is 442 g/mol. The van der Waals surface area contributed by atoms with Gasteiger partial charge in [-0.05, 0) is 24.4 Å². The van der Waals surface area contributed by atoms with Crippen molar-refractivity contribution in [1.82, 2.24) is 24.6 Å². The van der Waals surface area contributed by atoms with Gasteiger partial charge in [-0.3, -0.25) is 0 Å². The first kappa shape index (κ1) is 20.8. The highest BCUT2D eigenvalue weighted by Gasteiger charge is 2.23. The minimum absolute atomic E-state index is 0.0401. The first-order valence-corrected chi connectivity index (χ1v) is 11.7. The summed E-state index contributed by atoms with van der Waals surface area (Å²) in [5.41, 5.74) is 4.33. The van der Waals surface area contributed by atoms with Gasteiger partial charge in [0.15, 0.2) is 5.13 Å². The van der Waals surface area contributed by atoms with Gasteiger partial charge in [0.1, 0.15) is 5.69 Å². The Balaban J connectivity index is 1.44. The van der Waals surface area contributed by atoms with Crippen LogP contribution < -0.4 is 10.6 Å². The predicted octanol–water partition coefficient (Wildman–Crippen LogP) is 3.45. The van der Waals surface area contributed by atoms with Crippen molar-refractivity contribution in [1.29, 1.82) is 0 Å². The summed E-state index contributed by atoms with van der Waals surface area (Å²) in [6.45, 7) is 3.64. The summed E-state index contributed by atoms with van der Waals surface area (Å²) in [5.74, 6) is 0.906. The maximum absolute atomic E-state index is 9.50. The van der Waals surface area contributed by atoms with Crippen LogP contribution in [0.2, 0.25) is 0 Å². The Labute approximate surface area is 184 Å². The molecule has 0 aliphatic carbocycles. The lowest BCUT2D eigenvalue weighted by molar-refractivity contribution is 0.262. The highest BCUT2D eigenvalue weighted by molar-refractivity contribution is 7.96. The van der Waals surface area contributed by atoms with E-state index in [0.29, 0.717) is 0 Å². The molecule has 2 aromatic heterocycles. The fraction of sp³-hybridized carbons (Fsp3) is 0.333. The third-order valence-electron chi connectivity index (χ3n) is 4.67. The number of rotatable bonds is 10. The summed E-state index contributed by atoms with van der Waals surface area (Å²) in [6, 6.07) is 10.4. The zero-order chi connectivity index (χ0) is 20.8. The number of thiazole rings is 1. The Morgan fingerprint density at radius 3 is 2.97 bits per heavy atom. The number of H-pyrrole nitrogens is 1. The first-order chi connectivity index (χ1) is 14.7. The number of aromatic amines is 1. The molecule has 158 valence electrons. The molecule has 9 heteroatoms. The second-order valence-electron chi connectivity index (χ2n) is 7.15. The molecule has 0 bridgehead atoms. The van der Waals surface area contributed by atoms with E-state index in [0.717, 1.165) is 47.5 Å². The van der Waals surface area contributed by atoms with E-state index in [4.69, 9.17) is 4.98 Å². The topological polar surface area (TPSA) is 89.1 Å². The number of nitrogens with zero attached hydrogens (tertiary/aromatic N) is 3. The molecule has 1 atom stereocenters. The first-order valence-electron chi connectivity index (χ1n) is 9.95. The standard InChI is InChI=1S/C21H26N6OS2/c1-15(12-28)25-18-10-27(29-13-16-5-3-2-4-6-16)11-19-20(18)26-21(30-19)23-8-7-17-9-22-14-24-17/h2-6,9-10,14-15,25,28H,7-8,11-13H2,1H3,(H,22,24)(H,23,26). The third-order valence-corrected chi connectivity index (χ3v) is 6.69. The van der Waals surface area contributed by atoms with Crippen molar-refractivity contribution in [2.75, 3.05) is 18.5 Å². The average Bonchev–Trinajstić information content (AvgIpc) is 3.43. The highest BCUT2D eigenvalue weighted by Crippen LogP contribution is 2.35. The van der Waals surface area contributed by atoms with Gasteiger partial charge in [0.05, 0.1) is 30.1 Å². The van der Waals surface area contributed by atoms with Crippen LogP contribution in [0.3, 0.4) is 0 Å². The number of benzene rings is 1. The number of hydrogen-bond donors (Lipinski definition) is 4. The number of aliphatic hydroxyl groups excluding tert-OH is 1. The fourth-order valence-electron chi connectivity index (χ4n) is 3.09. The zero-order valence-electron chi connectivity index (χ0n) is 16.8. The maximum atomic E-state index is 9.50. The number of nitrogens with one attached hydrogen (secondary N) is 3. The van der Waals surface area contributed by atoms with E-state index in [1.54, 1.807) is 29.6 Å². The van der Waals surface area contributed by atoms with Crippen LogP contribution in [0.4, 0.5) is 5.13 Å². The molecule has 1 unspecified atom stereocenters. The Hall–Kier alpha value is -2.49. The number of aromatic nitrogens is 3. The van der Waals surface area contributed by atoms with Crippen LogP contribution in [0.5, 0.6) is 0 Å². The lowest BCUT2D eigenvalue weighted by Gasteiger charge is -2.26. The molecule has 7 nitrogen and oxygen atoms in total. The summed E-state index contributed by atoms with van der Waals surface area (Å²) in [6.07, 6.45) is 6.52. The van der Waals surface area contributed by atoms with Crippen LogP contribution in [0.25, 0.3) is 5.70 Å². The minimum atomic E-state index is -0.0401. The Bertz CT molecular complexity index is 957. The predicted molar refractivity (Wildman–Crippen MR) is 124 cm³/mol. The molecule has 3 aromatic rings. The lowest BCUT2D eigenvalue weighted by Crippen LogP contribution is -2.31. The molecule has 0 fully saturated rings. The van der Waals surface area contributed by atoms with Crippen molar-refractivity contribution >= 4 is 34.1 Å². The molecule has 4 N–H and O–H groups in total. The average molecular weight is 443 g/mol. The van der Waals surface area contributed by atoms with Gasteiger partial charge in [0.2, 0.25) is 0 Å². The van der Waals surface area contributed by atoms with Crippen LogP contribution >= 0.6 is 23.3 Å². The number of imidazole rings is 1. The second-order valence-corrected chi connectivity index (χ2v) is 9.25. The molecule has 1 aliphatic heterocycles. The van der Waals surface area contributed by atoms with E-state index in [1.807, 2.05) is 19.2 Å². The Morgan fingerprint density at radius 1 is 1.33 bits per heavy atom. The Kier molecular flexibility index (Phi) is 6.93. The maximum Gasteiger partial charge on any atom is 0.183 e. The molecular weight excluding hydrogens is 416 g/mol. The number of hydrogen-bond acceptors (Lipinski definition) is 8. The summed E-state index contributed by atoms with van der Waals surface area (Å²) >= 11 is 3.47. The molecule has 1 aromatic carbocycles. The van der Waals surface area contributed by atoms with Gasteiger partial charge < -0.3 is 25.0 Å². The zero-order valence-corrected chi connectivity index (χ0v) is 18.5. The van der Waals surface area contributed by atoms with E-state index < -0.39 is 0 Å². The quantitative estimate of drug-likeness (QED) is 0.358. The van der Waals surface area contributed by atoms with Crippen molar-refractivity contribution in [3.05, 3.63) is 70.9 Å². The fourth-order valence-corrected chi connectivity index (χ4v) is 5.08. The highest BCUT2D eigenvalue weighted by atomic mass is 32.2. The molecule has 3 heterocycles. The van der Waals surface area contributed by atoms with Gasteiger partial charge in [-0.25, -0.2) is 9.97 Å². The van der Waals surface area contributed by atoms with Gasteiger partial charge in [-0.2, -0.15) is 0 Å². The van der Waals surface area contributed by atoms with Crippen molar-refractivity contribution in [3.63, 3.8) is 0 Å². The second kappa shape index (κ2) is 10.0. The van der Waals surface area contributed by atoms with E-state index in [-0.39, 0.29) is 12.6 Å². The van der Waals surface area contributed by atoms with Crippen molar-refractivity contribution in [2.24, 2.45) is 0 Å². The van der Waals surface area contributed by atoms with Gasteiger partial charge in [-0.1, -0.05) is 41.7 Å². The van der Waals surface area contributed by atoms with Crippen molar-refractivity contribution < 1.29 is 5.11 Å². The largest absolute Gasteiger partial charge is 0.394 e. The normalized spacial score (nSPS) is 14.2. The van der Waals surface area contributed by atoms with Gasteiger partial charge in [0, 0.05) is 42.9 Å². The van der Waals surface area contributed by atoms with Gasteiger partial charge in [0.25, 0.3) is 0 Å². The van der Waals surface area contributed by atoms with Crippen LogP contribution in [0.15, 0.2) is 49.1 Å². The lowest BCUT2D eigenvalue weighted by atomic mass is 10.2. The van der Waals surface area contributed by atoms with Crippen molar-refractivity contribution in [2.45, 2.75) is 31.7 Å². The van der Waals surface area contributed by atoms with Crippen LogP contribution in [-0.4, -0.2) is 43.6 Å². The summed E-state index contributed by atoms with van der Waals surface area (Å²) in [5, 5.41) is 17.2. The number of anilines is 1. The third kappa shape index (κ3) is 5.35. The Morgan fingerprint density at radius 2 is 2.20 bits per heavy atom. The van der Waals surface area contributed by atoms with E-state index in [9.17, 15) is 5.11 Å². The molecular formula is C21H26N6OS2. The molecule has 0 amide bonds. The number of aliphatic hydroxyl groups is 1. The van der Waals surface area contributed by atoms with Crippen LogP contribution in [-0.2, 0) is 18.7 Å².